The molecule has 3 amide bonds. The Kier molecular flexibility index (Phi) is 5.20. The molecule has 0 unspecified atom stereocenters. The Balaban J connectivity index is 3.52. The van der Waals surface area contributed by atoms with Crippen molar-refractivity contribution in [3.8, 4) is 0 Å². The number of hydrogen-bond acceptors (Lipinski definition) is 4. The molecule has 7 nitrogen and oxygen atoms in total. The number of carbonyl (C=O) groups is 3. The zero-order valence-electron chi connectivity index (χ0n) is 6.74. The predicted octanol–water partition coefficient (Wildman–Crippen LogP) is -0.544. The number of amides is 3. The Morgan fingerprint density at radius 3 is 2.23 bits per heavy atom. The minimum atomic E-state index is -1.03. The number of carboxylic acid groups (broad SMARTS) is 1. The highest BCUT2D eigenvalue weighted by Crippen LogP contribution is 1.94. The van der Waals surface area contributed by atoms with E-state index in [9.17, 15) is 14.4 Å². The van der Waals surface area contributed by atoms with Gasteiger partial charge in [0.1, 0.15) is 0 Å². The van der Waals surface area contributed by atoms with E-state index in [4.69, 9.17) is 10.3 Å². The highest BCUT2D eigenvalue weighted by atomic mass is 16.5. The lowest BCUT2D eigenvalue weighted by Gasteiger charge is -2.00. The highest BCUT2D eigenvalue weighted by Gasteiger charge is 2.06. The zero-order chi connectivity index (χ0) is 10.3. The summed E-state index contributed by atoms with van der Waals surface area (Å²) in [5, 5.41) is 18.0. The van der Waals surface area contributed by atoms with Crippen LogP contribution in [-0.4, -0.2) is 28.2 Å². The third-order valence-corrected chi connectivity index (χ3v) is 1.15. The molecule has 4 N–H and O–H groups in total. The molecule has 0 aliphatic rings. The fourth-order valence-electron chi connectivity index (χ4n) is 0.617. The van der Waals surface area contributed by atoms with E-state index in [2.05, 4.69) is 0 Å². The molecule has 0 atom stereocenters. The fourth-order valence-corrected chi connectivity index (χ4v) is 0.617. The van der Waals surface area contributed by atoms with Crippen molar-refractivity contribution in [1.29, 1.82) is 0 Å². The minimum Gasteiger partial charge on any atom is -0.481 e. The number of rotatable bonds is 4. The van der Waals surface area contributed by atoms with Crippen LogP contribution in [0.4, 0.5) is 4.79 Å². The van der Waals surface area contributed by atoms with Gasteiger partial charge in [-0.2, -0.15) is 0 Å². The molecule has 0 aromatic rings. The van der Waals surface area contributed by atoms with Crippen LogP contribution in [-0.2, 0) is 9.59 Å². The molecule has 7 heteroatoms. The van der Waals surface area contributed by atoms with Crippen LogP contribution in [0.15, 0.2) is 0 Å². The second kappa shape index (κ2) is 5.95. The van der Waals surface area contributed by atoms with E-state index in [1.807, 2.05) is 0 Å². The predicted molar refractivity (Wildman–Crippen MR) is 39.9 cm³/mol. The standard InChI is InChI=1S/C6H10N2O5/c9-4(7-6(12)8-13)2-1-3-5(10)11/h13H,1-3H2,(H,10,11)(H2,7,8,9,12). The number of nitrogens with one attached hydrogen (secondary N) is 2. The molecule has 0 aromatic heterocycles. The summed E-state index contributed by atoms with van der Waals surface area (Å²) in [6.07, 6.45) is -0.0479. The Labute approximate surface area is 73.7 Å². The average molecular weight is 190 g/mol. The number of hydroxylamine groups is 1. The molecule has 0 aliphatic carbocycles. The van der Waals surface area contributed by atoms with Gasteiger partial charge in [-0.15, -0.1) is 0 Å². The van der Waals surface area contributed by atoms with Crippen molar-refractivity contribution in [1.82, 2.24) is 10.8 Å². The van der Waals surface area contributed by atoms with Gasteiger partial charge in [-0.05, 0) is 6.42 Å². The lowest BCUT2D eigenvalue weighted by molar-refractivity contribution is -0.137. The van der Waals surface area contributed by atoms with Gasteiger partial charge in [0.25, 0.3) is 0 Å². The highest BCUT2D eigenvalue weighted by molar-refractivity contribution is 5.93. The van der Waals surface area contributed by atoms with Crippen LogP contribution in [0.1, 0.15) is 19.3 Å². The van der Waals surface area contributed by atoms with Crippen LogP contribution in [0.2, 0.25) is 0 Å². The molecule has 0 aliphatic heterocycles. The molecule has 0 radical (unpaired) electrons. The van der Waals surface area contributed by atoms with Gasteiger partial charge >= 0.3 is 12.0 Å². The van der Waals surface area contributed by atoms with Crippen molar-refractivity contribution in [2.24, 2.45) is 0 Å². The second-order valence-electron chi connectivity index (χ2n) is 2.24. The molecule has 0 bridgehead atoms. The normalized spacial score (nSPS) is 9.00. The largest absolute Gasteiger partial charge is 0.481 e. The van der Waals surface area contributed by atoms with Gasteiger partial charge in [0.2, 0.25) is 5.91 Å². The van der Waals surface area contributed by atoms with Gasteiger partial charge in [-0.3, -0.25) is 20.1 Å². The van der Waals surface area contributed by atoms with Crippen molar-refractivity contribution < 1.29 is 24.7 Å². The first-order valence-corrected chi connectivity index (χ1v) is 3.52. The summed E-state index contributed by atoms with van der Waals surface area (Å²) >= 11 is 0. The summed E-state index contributed by atoms with van der Waals surface area (Å²) < 4.78 is 0. The first-order chi connectivity index (χ1) is 6.06. The van der Waals surface area contributed by atoms with Crippen LogP contribution in [0.5, 0.6) is 0 Å². The Morgan fingerprint density at radius 2 is 1.77 bits per heavy atom. The van der Waals surface area contributed by atoms with E-state index >= 15 is 0 Å². The quantitative estimate of drug-likeness (QED) is 0.351. The summed E-state index contributed by atoms with van der Waals surface area (Å²) in [7, 11) is 0. The van der Waals surface area contributed by atoms with Gasteiger partial charge in [-0.1, -0.05) is 0 Å². The van der Waals surface area contributed by atoms with Crippen molar-refractivity contribution >= 4 is 17.9 Å². The summed E-state index contributed by atoms with van der Waals surface area (Å²) in [5.41, 5.74) is 1.21. The maximum Gasteiger partial charge on any atom is 0.345 e. The van der Waals surface area contributed by atoms with Gasteiger partial charge in [0, 0.05) is 12.8 Å². The van der Waals surface area contributed by atoms with Crippen molar-refractivity contribution in [3.63, 3.8) is 0 Å². The summed E-state index contributed by atoms with van der Waals surface area (Å²) in [5.74, 6) is -1.63. The van der Waals surface area contributed by atoms with E-state index in [0.717, 1.165) is 0 Å². The summed E-state index contributed by atoms with van der Waals surface area (Å²) in [6.45, 7) is 0. The van der Waals surface area contributed by atoms with Crippen molar-refractivity contribution in [2.45, 2.75) is 19.3 Å². The third-order valence-electron chi connectivity index (χ3n) is 1.15. The monoisotopic (exact) mass is 190 g/mol. The van der Waals surface area contributed by atoms with E-state index in [-0.39, 0.29) is 19.3 Å². The van der Waals surface area contributed by atoms with Gasteiger partial charge in [0.05, 0.1) is 0 Å². The number of imide groups is 1. The van der Waals surface area contributed by atoms with E-state index in [0.29, 0.717) is 0 Å². The summed E-state index contributed by atoms with van der Waals surface area (Å²) in [4.78, 5) is 31.0. The Bertz CT molecular complexity index is 215. The van der Waals surface area contributed by atoms with Crippen LogP contribution in [0.25, 0.3) is 0 Å². The van der Waals surface area contributed by atoms with Gasteiger partial charge < -0.3 is 5.11 Å². The molecule has 0 saturated carbocycles. The first kappa shape index (κ1) is 11.4. The second-order valence-corrected chi connectivity index (χ2v) is 2.24. The van der Waals surface area contributed by atoms with Crippen LogP contribution in [0, 0.1) is 0 Å². The number of carboxylic acids is 1. The lowest BCUT2D eigenvalue weighted by Crippen LogP contribution is -2.37. The van der Waals surface area contributed by atoms with Crippen molar-refractivity contribution in [2.75, 3.05) is 0 Å². The number of carbonyl (C=O) groups excluding carboxylic acids is 2. The SMILES string of the molecule is O=C(O)CCCC(=O)NC(=O)NO. The van der Waals surface area contributed by atoms with E-state index < -0.39 is 17.9 Å². The molecule has 0 aromatic carbocycles. The molecular weight excluding hydrogens is 180 g/mol. The topological polar surface area (TPSA) is 116 Å². The van der Waals surface area contributed by atoms with E-state index in [1.165, 1.54) is 5.48 Å². The summed E-state index contributed by atoms with van der Waals surface area (Å²) in [6, 6.07) is -1.03. The molecule has 0 spiro atoms. The molecule has 0 heterocycles. The van der Waals surface area contributed by atoms with E-state index in [1.54, 1.807) is 5.32 Å². The van der Waals surface area contributed by atoms with Crippen LogP contribution >= 0.6 is 0 Å². The van der Waals surface area contributed by atoms with Gasteiger partial charge in [-0.25, -0.2) is 10.3 Å². The maximum absolute atomic E-state index is 10.7. The zero-order valence-corrected chi connectivity index (χ0v) is 6.74. The molecular formula is C6H10N2O5. The van der Waals surface area contributed by atoms with Gasteiger partial charge in [0.15, 0.2) is 0 Å². The smallest absolute Gasteiger partial charge is 0.345 e. The minimum absolute atomic E-state index is 0.0697. The van der Waals surface area contributed by atoms with Crippen molar-refractivity contribution in [3.05, 3.63) is 0 Å². The molecule has 0 fully saturated rings. The molecule has 74 valence electrons. The Morgan fingerprint density at radius 1 is 1.15 bits per heavy atom. The fraction of sp³-hybridized carbons (Fsp3) is 0.500. The van der Waals surface area contributed by atoms with Crippen LogP contribution in [0.3, 0.4) is 0 Å². The molecule has 0 rings (SSSR count). The Hall–Kier alpha value is -1.63. The third kappa shape index (κ3) is 6.76. The molecule has 13 heavy (non-hydrogen) atoms. The first-order valence-electron chi connectivity index (χ1n) is 3.52. The number of urea groups is 1. The number of aliphatic carboxylic acids is 1. The van der Waals surface area contributed by atoms with Crippen LogP contribution < -0.4 is 10.8 Å². The maximum atomic E-state index is 10.7. The molecule has 0 saturated heterocycles. The average Bonchev–Trinajstić information content (AvgIpc) is 2.03. The lowest BCUT2D eigenvalue weighted by atomic mass is 10.2. The number of hydrogen-bond donors (Lipinski definition) is 4.